The molecule has 0 aliphatic heterocycles. The summed E-state index contributed by atoms with van der Waals surface area (Å²) < 4.78 is 5.48. The third kappa shape index (κ3) is 3.88. The van der Waals surface area contributed by atoms with Crippen molar-refractivity contribution in [3.63, 3.8) is 0 Å². The smallest absolute Gasteiger partial charge is 0.324 e. The number of rotatable bonds is 4. The first kappa shape index (κ1) is 14.8. The summed E-state index contributed by atoms with van der Waals surface area (Å²) in [6.07, 6.45) is 4.30. The summed E-state index contributed by atoms with van der Waals surface area (Å²) >= 11 is 4.01. The van der Waals surface area contributed by atoms with Gasteiger partial charge in [0.25, 0.3) is 0 Å². The Hall–Kier alpha value is -0.220. The van der Waals surface area contributed by atoms with Gasteiger partial charge in [-0.3, -0.25) is 4.79 Å². The molecule has 0 spiro atoms. The van der Waals surface area contributed by atoms with Crippen LogP contribution in [0.4, 0.5) is 0 Å². The molecule has 0 amide bonds. The molecule has 0 saturated heterocycles. The van der Waals surface area contributed by atoms with Crippen LogP contribution in [0.3, 0.4) is 0 Å². The first-order valence-electron chi connectivity index (χ1n) is 6.46. The van der Waals surface area contributed by atoms with Crippen molar-refractivity contribution in [3.05, 3.63) is 0 Å². The number of ether oxygens (including phenoxy) is 1. The second-order valence-corrected chi connectivity index (χ2v) is 6.12. The maximum Gasteiger partial charge on any atom is 0.324 e. The lowest BCUT2D eigenvalue weighted by Gasteiger charge is -2.41. The fourth-order valence-electron chi connectivity index (χ4n) is 2.41. The molecule has 4 heteroatoms. The molecule has 1 fully saturated rings. The zero-order valence-electron chi connectivity index (χ0n) is 11.1. The minimum atomic E-state index is -0.592. The lowest BCUT2D eigenvalue weighted by Crippen LogP contribution is -2.40. The van der Waals surface area contributed by atoms with E-state index < -0.39 is 6.04 Å². The van der Waals surface area contributed by atoms with Crippen molar-refractivity contribution >= 4 is 18.6 Å². The third-order valence-corrected chi connectivity index (χ3v) is 4.54. The van der Waals surface area contributed by atoms with Crippen molar-refractivity contribution in [2.75, 3.05) is 5.75 Å². The summed E-state index contributed by atoms with van der Waals surface area (Å²) in [7, 11) is 0. The fraction of sp³-hybridized carbons (Fsp3) is 0.923. The summed E-state index contributed by atoms with van der Waals surface area (Å²) in [5.74, 6) is 0.646. The monoisotopic (exact) mass is 259 g/mol. The molecule has 1 saturated carbocycles. The van der Waals surface area contributed by atoms with E-state index >= 15 is 0 Å². The van der Waals surface area contributed by atoms with Gasteiger partial charge in [0.2, 0.25) is 0 Å². The van der Waals surface area contributed by atoms with Crippen LogP contribution in [0.2, 0.25) is 0 Å². The number of thiol groups is 1. The molecule has 0 aromatic heterocycles. The Morgan fingerprint density at radius 1 is 1.59 bits per heavy atom. The quantitative estimate of drug-likeness (QED) is 0.602. The van der Waals surface area contributed by atoms with E-state index in [1.54, 1.807) is 0 Å². The van der Waals surface area contributed by atoms with Crippen molar-refractivity contribution in [1.82, 2.24) is 0 Å². The Kier molecular flexibility index (Phi) is 5.32. The molecule has 100 valence electrons. The number of carbonyl (C=O) groups excluding carboxylic acids is 1. The molecule has 0 radical (unpaired) electrons. The molecule has 1 rings (SSSR count). The van der Waals surface area contributed by atoms with Crippen LogP contribution in [-0.4, -0.2) is 23.9 Å². The minimum Gasteiger partial charge on any atom is -0.461 e. The molecule has 0 bridgehead atoms. The number of nitrogens with two attached hydrogens (primary N) is 1. The zero-order valence-corrected chi connectivity index (χ0v) is 12.0. The number of carbonyl (C=O) groups is 1. The average Bonchev–Trinajstić information content (AvgIpc) is 2.27. The predicted molar refractivity (Wildman–Crippen MR) is 73.1 cm³/mol. The maximum atomic E-state index is 11.6. The van der Waals surface area contributed by atoms with Gasteiger partial charge < -0.3 is 10.5 Å². The van der Waals surface area contributed by atoms with Crippen LogP contribution in [0, 0.1) is 11.3 Å². The fourth-order valence-corrected chi connectivity index (χ4v) is 2.56. The highest BCUT2D eigenvalue weighted by molar-refractivity contribution is 7.80. The van der Waals surface area contributed by atoms with Gasteiger partial charge >= 0.3 is 5.97 Å². The van der Waals surface area contributed by atoms with E-state index in [2.05, 4.69) is 33.4 Å². The van der Waals surface area contributed by atoms with Gasteiger partial charge in [-0.1, -0.05) is 20.8 Å². The second kappa shape index (κ2) is 6.10. The van der Waals surface area contributed by atoms with Gasteiger partial charge in [0, 0.05) is 5.75 Å². The largest absolute Gasteiger partial charge is 0.461 e. The zero-order chi connectivity index (χ0) is 13.1. The van der Waals surface area contributed by atoms with Crippen LogP contribution < -0.4 is 5.73 Å². The highest BCUT2D eigenvalue weighted by Crippen LogP contribution is 2.42. The maximum absolute atomic E-state index is 11.6. The highest BCUT2D eigenvalue weighted by Gasteiger charge is 2.36. The first-order chi connectivity index (χ1) is 7.89. The Morgan fingerprint density at radius 2 is 2.24 bits per heavy atom. The summed E-state index contributed by atoms with van der Waals surface area (Å²) in [6, 6.07) is -0.592. The molecule has 0 aromatic carbocycles. The third-order valence-electron chi connectivity index (χ3n) is 4.14. The van der Waals surface area contributed by atoms with Gasteiger partial charge in [-0.15, -0.1) is 0 Å². The van der Waals surface area contributed by atoms with E-state index in [1.165, 1.54) is 6.42 Å². The van der Waals surface area contributed by atoms with Crippen LogP contribution in [0.1, 0.15) is 46.5 Å². The van der Waals surface area contributed by atoms with Crippen LogP contribution >= 0.6 is 12.6 Å². The van der Waals surface area contributed by atoms with Gasteiger partial charge in [-0.05, 0) is 37.0 Å². The lowest BCUT2D eigenvalue weighted by atomic mass is 9.67. The molecular weight excluding hydrogens is 234 g/mol. The van der Waals surface area contributed by atoms with Gasteiger partial charge in [0.1, 0.15) is 12.1 Å². The number of esters is 1. The van der Waals surface area contributed by atoms with Crippen LogP contribution in [0.25, 0.3) is 0 Å². The summed E-state index contributed by atoms with van der Waals surface area (Å²) in [5.41, 5.74) is 5.90. The molecular formula is C13H25NO2S. The Balaban J connectivity index is 2.53. The molecule has 17 heavy (non-hydrogen) atoms. The standard InChI is InChI=1S/C13H25NO2S/c1-9(2)13(3)6-4-5-10(7-13)16-12(15)11(14)8-17/h9-11,17H,4-8,14H2,1-3H3/t10?,11-,13?/m0/s1. The molecule has 2 unspecified atom stereocenters. The molecule has 1 aliphatic rings. The van der Waals surface area contributed by atoms with E-state index in [0.29, 0.717) is 11.7 Å². The Labute approximate surface area is 110 Å². The topological polar surface area (TPSA) is 52.3 Å². The first-order valence-corrected chi connectivity index (χ1v) is 7.09. The normalized spacial score (nSPS) is 31.3. The van der Waals surface area contributed by atoms with Gasteiger partial charge in [-0.25, -0.2) is 0 Å². The number of hydrogen-bond acceptors (Lipinski definition) is 4. The Bertz CT molecular complexity index is 270. The van der Waals surface area contributed by atoms with Crippen molar-refractivity contribution in [1.29, 1.82) is 0 Å². The highest BCUT2D eigenvalue weighted by atomic mass is 32.1. The van der Waals surface area contributed by atoms with E-state index in [4.69, 9.17) is 10.5 Å². The summed E-state index contributed by atoms with van der Waals surface area (Å²) in [4.78, 5) is 11.6. The SMILES string of the molecule is CC(C)C1(C)CCCC(OC(=O)[C@@H](N)CS)C1. The summed E-state index contributed by atoms with van der Waals surface area (Å²) in [5, 5.41) is 0. The van der Waals surface area contributed by atoms with Crippen LogP contribution in [-0.2, 0) is 9.53 Å². The summed E-state index contributed by atoms with van der Waals surface area (Å²) in [6.45, 7) is 6.77. The molecule has 0 heterocycles. The molecule has 3 nitrogen and oxygen atoms in total. The molecule has 1 aliphatic carbocycles. The predicted octanol–water partition coefficient (Wildman–Crippen LogP) is 2.39. The molecule has 2 N–H and O–H groups in total. The Morgan fingerprint density at radius 3 is 2.76 bits per heavy atom. The van der Waals surface area contributed by atoms with Crippen molar-refractivity contribution < 1.29 is 9.53 Å². The van der Waals surface area contributed by atoms with Gasteiger partial charge in [-0.2, -0.15) is 12.6 Å². The number of hydrogen-bond donors (Lipinski definition) is 2. The second-order valence-electron chi connectivity index (χ2n) is 5.75. The van der Waals surface area contributed by atoms with E-state index in [-0.39, 0.29) is 17.5 Å². The molecule has 0 aromatic rings. The molecule has 3 atom stereocenters. The minimum absolute atomic E-state index is 0.0367. The van der Waals surface area contributed by atoms with Crippen molar-refractivity contribution in [3.8, 4) is 0 Å². The van der Waals surface area contributed by atoms with E-state index in [9.17, 15) is 4.79 Å². The van der Waals surface area contributed by atoms with E-state index in [0.717, 1.165) is 19.3 Å². The van der Waals surface area contributed by atoms with Gasteiger partial charge in [0.05, 0.1) is 0 Å². The lowest BCUT2D eigenvalue weighted by molar-refractivity contribution is -0.154. The van der Waals surface area contributed by atoms with E-state index in [1.807, 2.05) is 0 Å². The van der Waals surface area contributed by atoms with Gasteiger partial charge in [0.15, 0.2) is 0 Å². The van der Waals surface area contributed by atoms with Crippen molar-refractivity contribution in [2.24, 2.45) is 17.1 Å². The van der Waals surface area contributed by atoms with Crippen LogP contribution in [0.5, 0.6) is 0 Å². The average molecular weight is 259 g/mol. The van der Waals surface area contributed by atoms with Crippen molar-refractivity contribution in [2.45, 2.75) is 58.6 Å². The van der Waals surface area contributed by atoms with Crippen LogP contribution in [0.15, 0.2) is 0 Å².